The lowest BCUT2D eigenvalue weighted by atomic mass is 10.2. The smallest absolute Gasteiger partial charge is 0.267 e. The van der Waals surface area contributed by atoms with E-state index in [-0.39, 0.29) is 30.2 Å². The quantitative estimate of drug-likeness (QED) is 0.298. The van der Waals surface area contributed by atoms with Gasteiger partial charge < -0.3 is 9.32 Å². The van der Waals surface area contributed by atoms with Crippen LogP contribution in [0.15, 0.2) is 81.3 Å². The highest BCUT2D eigenvalue weighted by Gasteiger charge is 2.21. The molecule has 5 aromatic rings. The van der Waals surface area contributed by atoms with Gasteiger partial charge in [0, 0.05) is 6.54 Å². The molecule has 1 amide bonds. The van der Waals surface area contributed by atoms with Crippen molar-refractivity contribution in [3.05, 3.63) is 88.6 Å². The van der Waals surface area contributed by atoms with Crippen LogP contribution in [0.3, 0.4) is 0 Å². The molecule has 36 heavy (non-hydrogen) atoms. The topological polar surface area (TPSA) is 109 Å². The van der Waals surface area contributed by atoms with E-state index in [0.717, 1.165) is 11.3 Å². The molecule has 0 aliphatic carbocycles. The molecule has 0 unspecified atom stereocenters. The van der Waals surface area contributed by atoms with Gasteiger partial charge in [-0.15, -0.1) is 10.2 Å². The van der Waals surface area contributed by atoms with Gasteiger partial charge in [0.1, 0.15) is 5.76 Å². The first-order chi connectivity index (χ1) is 17.6. The molecule has 0 spiro atoms. The predicted molar refractivity (Wildman–Crippen MR) is 136 cm³/mol. The number of aromatic nitrogens is 4. The van der Waals surface area contributed by atoms with Crippen LogP contribution in [0.5, 0.6) is 0 Å². The van der Waals surface area contributed by atoms with Crippen molar-refractivity contribution in [2.75, 3.05) is 12.3 Å². The molecular formula is C26H22N6O3S. The Morgan fingerprint density at radius 3 is 2.69 bits per heavy atom. The van der Waals surface area contributed by atoms with Crippen molar-refractivity contribution in [3.63, 3.8) is 0 Å². The lowest BCUT2D eigenvalue weighted by Gasteiger charge is -2.20. The van der Waals surface area contributed by atoms with Gasteiger partial charge in [0.15, 0.2) is 5.16 Å². The van der Waals surface area contributed by atoms with E-state index in [9.17, 15) is 9.59 Å². The highest BCUT2D eigenvalue weighted by Crippen LogP contribution is 2.24. The maximum atomic E-state index is 13.5. The number of benzene rings is 2. The van der Waals surface area contributed by atoms with E-state index in [2.05, 4.69) is 16.3 Å². The second kappa shape index (κ2) is 10.1. The molecule has 0 saturated carbocycles. The monoisotopic (exact) mass is 498 g/mol. The van der Waals surface area contributed by atoms with Crippen molar-refractivity contribution in [1.29, 1.82) is 5.26 Å². The summed E-state index contributed by atoms with van der Waals surface area (Å²) in [5, 5.41) is 18.7. The van der Waals surface area contributed by atoms with E-state index in [4.69, 9.17) is 9.68 Å². The molecule has 180 valence electrons. The highest BCUT2D eigenvalue weighted by molar-refractivity contribution is 7.99. The number of thioether (sulfide) groups is 1. The van der Waals surface area contributed by atoms with E-state index in [1.54, 1.807) is 33.9 Å². The van der Waals surface area contributed by atoms with Gasteiger partial charge in [-0.1, -0.05) is 42.1 Å². The third-order valence-corrected chi connectivity index (χ3v) is 6.76. The number of hydrogen-bond donors (Lipinski definition) is 0. The molecule has 2 aromatic carbocycles. The summed E-state index contributed by atoms with van der Waals surface area (Å²) in [6.07, 6.45) is 1.77. The summed E-state index contributed by atoms with van der Waals surface area (Å²) < 4.78 is 8.76. The Balaban J connectivity index is 1.53. The molecule has 0 N–H and O–H groups in total. The van der Waals surface area contributed by atoms with Gasteiger partial charge in [-0.3, -0.25) is 14.0 Å². The zero-order chi connectivity index (χ0) is 25.1. The third-order valence-electron chi connectivity index (χ3n) is 5.85. The highest BCUT2D eigenvalue weighted by atomic mass is 32.2. The van der Waals surface area contributed by atoms with Crippen LogP contribution in [0.2, 0.25) is 0 Å². The minimum atomic E-state index is -0.187. The van der Waals surface area contributed by atoms with Crippen molar-refractivity contribution in [1.82, 2.24) is 24.1 Å². The molecule has 0 aliphatic heterocycles. The fraction of sp³-hybridized carbons (Fsp3) is 0.192. The number of rotatable bonds is 8. The second-order valence-electron chi connectivity index (χ2n) is 8.15. The number of aryl methyl sites for hydroxylation is 1. The molecule has 0 atom stereocenters. The Hall–Kier alpha value is -4.36. The van der Waals surface area contributed by atoms with Crippen molar-refractivity contribution >= 4 is 34.3 Å². The van der Waals surface area contributed by atoms with Crippen molar-refractivity contribution in [2.24, 2.45) is 0 Å². The lowest BCUT2D eigenvalue weighted by molar-refractivity contribution is -0.129. The van der Waals surface area contributed by atoms with E-state index in [0.29, 0.717) is 34.1 Å². The van der Waals surface area contributed by atoms with Crippen LogP contribution < -0.4 is 5.56 Å². The van der Waals surface area contributed by atoms with Crippen LogP contribution in [0.1, 0.15) is 17.7 Å². The number of fused-ring (bicyclic) bond motifs is 3. The fourth-order valence-corrected chi connectivity index (χ4v) is 4.93. The van der Waals surface area contributed by atoms with Gasteiger partial charge in [0.2, 0.25) is 11.7 Å². The van der Waals surface area contributed by atoms with E-state index in [1.807, 2.05) is 53.8 Å². The average Bonchev–Trinajstić information content (AvgIpc) is 3.56. The van der Waals surface area contributed by atoms with Gasteiger partial charge in [-0.2, -0.15) is 5.26 Å². The zero-order valence-corrected chi connectivity index (χ0v) is 20.3. The van der Waals surface area contributed by atoms with E-state index in [1.165, 1.54) is 11.8 Å². The van der Waals surface area contributed by atoms with Crippen LogP contribution in [0.25, 0.3) is 22.4 Å². The van der Waals surface area contributed by atoms with E-state index >= 15 is 0 Å². The molecule has 0 radical (unpaired) electrons. The van der Waals surface area contributed by atoms with Crippen molar-refractivity contribution in [2.45, 2.75) is 25.0 Å². The molecule has 0 aliphatic rings. The number of carbonyl (C=O) groups excluding carboxylic acids is 1. The predicted octanol–water partition coefficient (Wildman–Crippen LogP) is 3.97. The first kappa shape index (κ1) is 23.4. The van der Waals surface area contributed by atoms with Crippen LogP contribution >= 0.6 is 11.8 Å². The number of carbonyl (C=O) groups is 1. The van der Waals surface area contributed by atoms with Crippen LogP contribution in [0.4, 0.5) is 0 Å². The SMILES string of the molecule is Cc1ccccc1-n1c(=O)c2ccccc2n2c(SCC(=O)N(CCC#N)Cc3ccco3)nnc12. The van der Waals surface area contributed by atoms with Gasteiger partial charge in [-0.25, -0.2) is 4.57 Å². The number of para-hydroxylation sites is 2. The number of amides is 1. The number of hydrogen-bond acceptors (Lipinski definition) is 7. The summed E-state index contributed by atoms with van der Waals surface area (Å²) in [6.45, 7) is 2.52. The summed E-state index contributed by atoms with van der Waals surface area (Å²) in [5.74, 6) is 0.956. The molecule has 3 aromatic heterocycles. The van der Waals surface area contributed by atoms with Crippen LogP contribution in [-0.4, -0.2) is 42.3 Å². The van der Waals surface area contributed by atoms with Crippen molar-refractivity contribution in [3.8, 4) is 11.8 Å². The maximum Gasteiger partial charge on any atom is 0.267 e. The van der Waals surface area contributed by atoms with Crippen molar-refractivity contribution < 1.29 is 9.21 Å². The second-order valence-corrected chi connectivity index (χ2v) is 9.10. The summed E-state index contributed by atoms with van der Waals surface area (Å²) in [7, 11) is 0. The zero-order valence-electron chi connectivity index (χ0n) is 19.5. The van der Waals surface area contributed by atoms with Gasteiger partial charge in [0.05, 0.1) is 47.6 Å². The van der Waals surface area contributed by atoms with Gasteiger partial charge in [0.25, 0.3) is 5.56 Å². The largest absolute Gasteiger partial charge is 0.467 e. The standard InChI is InChI=1S/C26H22N6O3S/c1-18-8-2-4-11-21(18)31-24(34)20-10-3-5-12-22(20)32-25(31)28-29-26(32)36-17-23(33)30(14-7-13-27)16-19-9-6-15-35-19/h2-6,8-12,15H,7,14,16-17H2,1H3. The molecule has 0 saturated heterocycles. The number of furan rings is 1. The molecule has 0 bridgehead atoms. The summed E-state index contributed by atoms with van der Waals surface area (Å²) in [4.78, 5) is 28.2. The molecule has 5 rings (SSSR count). The van der Waals surface area contributed by atoms with Gasteiger partial charge >= 0.3 is 0 Å². The normalized spacial score (nSPS) is 11.1. The van der Waals surface area contributed by atoms with Crippen LogP contribution in [-0.2, 0) is 11.3 Å². The average molecular weight is 499 g/mol. The first-order valence-electron chi connectivity index (χ1n) is 11.3. The maximum absolute atomic E-state index is 13.5. The Labute approximate surface area is 210 Å². The molecular weight excluding hydrogens is 476 g/mol. The summed E-state index contributed by atoms with van der Waals surface area (Å²) >= 11 is 1.24. The lowest BCUT2D eigenvalue weighted by Crippen LogP contribution is -2.32. The Kier molecular flexibility index (Phi) is 6.56. The Morgan fingerprint density at radius 2 is 1.92 bits per heavy atom. The Bertz CT molecular complexity index is 1650. The molecule has 9 nitrogen and oxygen atoms in total. The molecule has 3 heterocycles. The summed E-state index contributed by atoms with van der Waals surface area (Å²) in [6, 6.07) is 20.5. The molecule has 0 fully saturated rings. The minimum Gasteiger partial charge on any atom is -0.467 e. The van der Waals surface area contributed by atoms with E-state index < -0.39 is 0 Å². The molecule has 10 heteroatoms. The fourth-order valence-electron chi connectivity index (χ4n) is 4.09. The van der Waals surface area contributed by atoms with Crippen LogP contribution in [0, 0.1) is 18.3 Å². The number of nitrogens with zero attached hydrogens (tertiary/aromatic N) is 6. The summed E-state index contributed by atoms with van der Waals surface area (Å²) in [5.41, 5.74) is 2.13. The minimum absolute atomic E-state index is 0.0880. The first-order valence-corrected chi connectivity index (χ1v) is 12.3. The third kappa shape index (κ3) is 4.36. The van der Waals surface area contributed by atoms with Gasteiger partial charge in [-0.05, 0) is 42.8 Å². The number of nitriles is 1. The Morgan fingerprint density at radius 1 is 1.11 bits per heavy atom.